The molecule has 0 bridgehead atoms. The predicted molar refractivity (Wildman–Crippen MR) is 58.8 cm³/mol. The molecule has 1 nitrogen and oxygen atoms in total. The fraction of sp³-hybridized carbons (Fsp3) is 0.333. The van der Waals surface area contributed by atoms with E-state index in [0.717, 1.165) is 23.4 Å². The summed E-state index contributed by atoms with van der Waals surface area (Å²) in [7, 11) is 0. The van der Waals surface area contributed by atoms with E-state index in [1.165, 1.54) is 0 Å². The fourth-order valence-electron chi connectivity index (χ4n) is 1.28. The Balaban J connectivity index is 0.000000845. The number of benzene rings is 1. The van der Waals surface area contributed by atoms with Crippen LogP contribution in [-0.2, 0) is 5.54 Å². The lowest BCUT2D eigenvalue weighted by Gasteiger charge is -2.11. The van der Waals surface area contributed by atoms with Gasteiger partial charge in [-0.2, -0.15) is 0 Å². The molecular formula is C9H10Cl3N. The van der Waals surface area contributed by atoms with E-state index in [1.54, 1.807) is 12.1 Å². The van der Waals surface area contributed by atoms with E-state index in [1.807, 2.05) is 6.07 Å². The maximum atomic E-state index is 5.99. The van der Waals surface area contributed by atoms with Crippen molar-refractivity contribution in [3.05, 3.63) is 33.8 Å². The van der Waals surface area contributed by atoms with Crippen molar-refractivity contribution in [2.45, 2.75) is 18.4 Å². The Morgan fingerprint density at radius 2 is 1.85 bits per heavy atom. The van der Waals surface area contributed by atoms with Crippen LogP contribution in [0.15, 0.2) is 18.2 Å². The summed E-state index contributed by atoms with van der Waals surface area (Å²) in [6, 6.07) is 5.43. The number of rotatable bonds is 1. The second kappa shape index (κ2) is 3.66. The second-order valence-corrected chi connectivity index (χ2v) is 4.12. The number of hydrogen-bond acceptors (Lipinski definition) is 1. The smallest absolute Gasteiger partial charge is 0.0457 e. The van der Waals surface area contributed by atoms with Crippen molar-refractivity contribution < 1.29 is 0 Å². The van der Waals surface area contributed by atoms with Crippen LogP contribution in [0.3, 0.4) is 0 Å². The summed E-state index contributed by atoms with van der Waals surface area (Å²) in [5, 5.41) is 1.42. The first-order valence-corrected chi connectivity index (χ1v) is 4.62. The summed E-state index contributed by atoms with van der Waals surface area (Å²) in [6.07, 6.45) is 2.01. The predicted octanol–water partition coefficient (Wildman–Crippen LogP) is 3.36. The minimum atomic E-state index is -0.192. The molecule has 1 fully saturated rings. The molecule has 1 aromatic carbocycles. The van der Waals surface area contributed by atoms with E-state index in [4.69, 9.17) is 28.9 Å². The van der Waals surface area contributed by atoms with Crippen LogP contribution in [0.1, 0.15) is 18.4 Å². The molecule has 2 N–H and O–H groups in total. The third-order valence-electron chi connectivity index (χ3n) is 2.25. The largest absolute Gasteiger partial charge is 0.321 e. The molecule has 0 saturated heterocycles. The summed E-state index contributed by atoms with van der Waals surface area (Å²) < 4.78 is 0. The van der Waals surface area contributed by atoms with Gasteiger partial charge in [-0.1, -0.05) is 23.2 Å². The quantitative estimate of drug-likeness (QED) is 0.798. The van der Waals surface area contributed by atoms with Crippen LogP contribution in [0.25, 0.3) is 0 Å². The molecule has 1 aliphatic carbocycles. The van der Waals surface area contributed by atoms with E-state index in [2.05, 4.69) is 0 Å². The van der Waals surface area contributed by atoms with Crippen LogP contribution >= 0.6 is 35.6 Å². The normalized spacial score (nSPS) is 17.8. The molecule has 4 heteroatoms. The van der Waals surface area contributed by atoms with Gasteiger partial charge >= 0.3 is 0 Å². The SMILES string of the molecule is Cl.NC1(c2cc(Cl)ccc2Cl)CC1. The second-order valence-electron chi connectivity index (χ2n) is 3.28. The van der Waals surface area contributed by atoms with Gasteiger partial charge in [0.2, 0.25) is 0 Å². The molecule has 1 aliphatic rings. The van der Waals surface area contributed by atoms with Crippen LogP contribution in [0.2, 0.25) is 10.0 Å². The van der Waals surface area contributed by atoms with Gasteiger partial charge in [0.25, 0.3) is 0 Å². The van der Waals surface area contributed by atoms with Crippen molar-refractivity contribution in [1.29, 1.82) is 0 Å². The molecule has 1 aromatic rings. The van der Waals surface area contributed by atoms with Gasteiger partial charge in [-0.3, -0.25) is 0 Å². The van der Waals surface area contributed by atoms with E-state index >= 15 is 0 Å². The van der Waals surface area contributed by atoms with Crippen LogP contribution < -0.4 is 5.73 Å². The number of nitrogens with two attached hydrogens (primary N) is 1. The highest BCUT2D eigenvalue weighted by Crippen LogP contribution is 2.45. The Morgan fingerprint density at radius 3 is 2.38 bits per heavy atom. The molecule has 0 atom stereocenters. The molecule has 0 aromatic heterocycles. The van der Waals surface area contributed by atoms with Crippen molar-refractivity contribution in [3.8, 4) is 0 Å². The first-order chi connectivity index (χ1) is 5.62. The molecule has 1 saturated carbocycles. The first-order valence-electron chi connectivity index (χ1n) is 3.86. The molecule has 13 heavy (non-hydrogen) atoms. The maximum Gasteiger partial charge on any atom is 0.0457 e. The van der Waals surface area contributed by atoms with Crippen LogP contribution in [-0.4, -0.2) is 0 Å². The van der Waals surface area contributed by atoms with E-state index in [-0.39, 0.29) is 17.9 Å². The van der Waals surface area contributed by atoms with Crippen molar-refractivity contribution >= 4 is 35.6 Å². The third kappa shape index (κ3) is 2.10. The lowest BCUT2D eigenvalue weighted by atomic mass is 10.1. The number of hydrogen-bond donors (Lipinski definition) is 1. The Kier molecular flexibility index (Phi) is 3.13. The Morgan fingerprint density at radius 1 is 1.23 bits per heavy atom. The molecular weight excluding hydrogens is 228 g/mol. The lowest BCUT2D eigenvalue weighted by molar-refractivity contribution is 0.740. The third-order valence-corrected chi connectivity index (χ3v) is 2.82. The summed E-state index contributed by atoms with van der Waals surface area (Å²) in [5.74, 6) is 0. The topological polar surface area (TPSA) is 26.0 Å². The highest BCUT2D eigenvalue weighted by Gasteiger charge is 2.41. The van der Waals surface area contributed by atoms with E-state index in [9.17, 15) is 0 Å². The van der Waals surface area contributed by atoms with Crippen LogP contribution in [0, 0.1) is 0 Å². The maximum absolute atomic E-state index is 5.99. The van der Waals surface area contributed by atoms with Gasteiger partial charge < -0.3 is 5.73 Å². The van der Waals surface area contributed by atoms with Crippen LogP contribution in [0.4, 0.5) is 0 Å². The zero-order chi connectivity index (χ0) is 8.77. The van der Waals surface area contributed by atoms with Gasteiger partial charge in [-0.15, -0.1) is 12.4 Å². The molecule has 0 amide bonds. The standard InChI is InChI=1S/C9H9Cl2N.ClH/c10-6-1-2-8(11)7(5-6)9(12)3-4-9;/h1-2,5H,3-4,12H2;1H. The monoisotopic (exact) mass is 237 g/mol. The Labute approximate surface area is 93.6 Å². The summed E-state index contributed by atoms with van der Waals surface area (Å²) >= 11 is 11.8. The molecule has 0 spiro atoms. The fourth-order valence-corrected chi connectivity index (χ4v) is 1.76. The first kappa shape index (κ1) is 11.1. The molecule has 0 aliphatic heterocycles. The van der Waals surface area contributed by atoms with Gasteiger partial charge in [0.05, 0.1) is 0 Å². The van der Waals surface area contributed by atoms with Gasteiger partial charge in [0.1, 0.15) is 0 Å². The summed E-state index contributed by atoms with van der Waals surface area (Å²) in [5.41, 5.74) is 6.79. The molecule has 2 rings (SSSR count). The van der Waals surface area contributed by atoms with Crippen LogP contribution in [0.5, 0.6) is 0 Å². The zero-order valence-electron chi connectivity index (χ0n) is 6.89. The molecule has 72 valence electrons. The highest BCUT2D eigenvalue weighted by molar-refractivity contribution is 6.33. The molecule has 0 heterocycles. The number of halogens is 3. The van der Waals surface area contributed by atoms with Crippen molar-refractivity contribution in [2.24, 2.45) is 5.73 Å². The Hall–Kier alpha value is 0.0500. The average molecular weight is 239 g/mol. The summed E-state index contributed by atoms with van der Waals surface area (Å²) in [4.78, 5) is 0. The minimum Gasteiger partial charge on any atom is -0.321 e. The minimum absolute atomic E-state index is 0. The van der Waals surface area contributed by atoms with Crippen molar-refractivity contribution in [2.75, 3.05) is 0 Å². The molecule has 0 radical (unpaired) electrons. The average Bonchev–Trinajstić information content (AvgIpc) is 2.75. The zero-order valence-corrected chi connectivity index (χ0v) is 9.22. The van der Waals surface area contributed by atoms with Gasteiger partial charge in [0.15, 0.2) is 0 Å². The van der Waals surface area contributed by atoms with Crippen molar-refractivity contribution in [1.82, 2.24) is 0 Å². The lowest BCUT2D eigenvalue weighted by Crippen LogP contribution is -2.18. The summed E-state index contributed by atoms with van der Waals surface area (Å²) in [6.45, 7) is 0. The van der Waals surface area contributed by atoms with Gasteiger partial charge in [-0.25, -0.2) is 0 Å². The van der Waals surface area contributed by atoms with Gasteiger partial charge in [0, 0.05) is 15.6 Å². The van der Waals surface area contributed by atoms with Gasteiger partial charge in [-0.05, 0) is 36.6 Å². The Bertz CT molecular complexity index is 321. The van der Waals surface area contributed by atoms with E-state index in [0.29, 0.717) is 5.02 Å². The van der Waals surface area contributed by atoms with Crippen molar-refractivity contribution in [3.63, 3.8) is 0 Å². The highest BCUT2D eigenvalue weighted by atomic mass is 35.5. The van der Waals surface area contributed by atoms with E-state index < -0.39 is 0 Å². The molecule has 0 unspecified atom stereocenters.